The lowest BCUT2D eigenvalue weighted by Crippen LogP contribution is -2.26. The van der Waals surface area contributed by atoms with E-state index in [4.69, 9.17) is 46.4 Å². The molecule has 1 rings (SSSR count). The summed E-state index contributed by atoms with van der Waals surface area (Å²) in [5, 5.41) is -0.595. The molecule has 0 aliphatic carbocycles. The predicted molar refractivity (Wildman–Crippen MR) is 52.1 cm³/mol. The maximum Gasteiger partial charge on any atom is 0.195 e. The second-order valence-corrected chi connectivity index (χ2v) is 7.82. The lowest BCUT2D eigenvalue weighted by molar-refractivity contribution is 0.593. The van der Waals surface area contributed by atoms with Gasteiger partial charge in [-0.05, 0) is 0 Å². The van der Waals surface area contributed by atoms with Crippen LogP contribution in [0.3, 0.4) is 0 Å². The van der Waals surface area contributed by atoms with Crippen molar-refractivity contribution < 1.29 is 8.42 Å². The maximum atomic E-state index is 11.0. The summed E-state index contributed by atoms with van der Waals surface area (Å²) in [7, 11) is -3.11. The van der Waals surface area contributed by atoms with Gasteiger partial charge in [0.2, 0.25) is 0 Å². The molecule has 1 saturated heterocycles. The maximum absolute atomic E-state index is 11.0. The molecule has 0 aromatic carbocycles. The van der Waals surface area contributed by atoms with Crippen LogP contribution in [-0.4, -0.2) is 29.1 Å². The van der Waals surface area contributed by atoms with Gasteiger partial charge in [-0.15, -0.1) is 11.6 Å². The number of halogens is 4. The first-order chi connectivity index (χ1) is 5.22. The highest BCUT2D eigenvalue weighted by atomic mass is 35.6. The minimum atomic E-state index is -3.11. The zero-order valence-corrected chi connectivity index (χ0v) is 9.65. The standard InChI is InChI=1S/C5H6Cl4O2S/c6-4-2-12(10,11)1-3(4)5(7,8)9/h3-4H,1-2H2/t3-,4-/m1/s1. The Morgan fingerprint density at radius 3 is 1.83 bits per heavy atom. The van der Waals surface area contributed by atoms with Gasteiger partial charge >= 0.3 is 0 Å². The molecule has 72 valence electrons. The average molecular weight is 272 g/mol. The largest absolute Gasteiger partial charge is 0.229 e. The van der Waals surface area contributed by atoms with Crippen molar-refractivity contribution in [3.05, 3.63) is 0 Å². The molecule has 0 unspecified atom stereocenters. The van der Waals surface area contributed by atoms with Crippen molar-refractivity contribution in [2.45, 2.75) is 9.17 Å². The quantitative estimate of drug-likeness (QED) is 0.632. The Bertz CT molecular complexity index is 268. The fourth-order valence-corrected chi connectivity index (χ4v) is 5.10. The van der Waals surface area contributed by atoms with Gasteiger partial charge in [-0.3, -0.25) is 0 Å². The predicted octanol–water partition coefficient (Wildman–Crippen LogP) is 2.01. The Balaban J connectivity index is 2.85. The van der Waals surface area contributed by atoms with Crippen LogP contribution in [-0.2, 0) is 9.84 Å². The molecule has 0 aromatic heterocycles. The number of sulfone groups is 1. The van der Waals surface area contributed by atoms with Gasteiger partial charge in [0, 0.05) is 5.92 Å². The summed E-state index contributed by atoms with van der Waals surface area (Å²) in [6.07, 6.45) is 0. The molecule has 12 heavy (non-hydrogen) atoms. The number of hydrogen-bond acceptors (Lipinski definition) is 2. The smallest absolute Gasteiger partial charge is 0.195 e. The molecule has 0 saturated carbocycles. The van der Waals surface area contributed by atoms with E-state index in [9.17, 15) is 8.42 Å². The average Bonchev–Trinajstić information content (AvgIpc) is 2.03. The van der Waals surface area contributed by atoms with Crippen LogP contribution in [0.4, 0.5) is 0 Å². The molecular formula is C5H6Cl4O2S. The van der Waals surface area contributed by atoms with Gasteiger partial charge in [-0.1, -0.05) is 34.8 Å². The van der Waals surface area contributed by atoms with Crippen molar-refractivity contribution in [3.8, 4) is 0 Å². The summed E-state index contributed by atoms with van der Waals surface area (Å²) >= 11 is 22.3. The van der Waals surface area contributed by atoms with Gasteiger partial charge in [0.15, 0.2) is 13.6 Å². The Kier molecular flexibility index (Phi) is 3.13. The minimum absolute atomic E-state index is 0.104. The Morgan fingerprint density at radius 1 is 1.17 bits per heavy atom. The minimum Gasteiger partial charge on any atom is -0.229 e. The highest BCUT2D eigenvalue weighted by molar-refractivity contribution is 7.91. The zero-order chi connectivity index (χ0) is 9.57. The van der Waals surface area contributed by atoms with Crippen LogP contribution in [0, 0.1) is 5.92 Å². The summed E-state index contributed by atoms with van der Waals surface area (Å²) in [5.74, 6) is -0.848. The van der Waals surface area contributed by atoms with Gasteiger partial charge in [-0.25, -0.2) is 8.42 Å². The molecule has 0 spiro atoms. The van der Waals surface area contributed by atoms with Crippen LogP contribution in [0.25, 0.3) is 0 Å². The molecule has 1 aliphatic heterocycles. The van der Waals surface area contributed by atoms with E-state index in [-0.39, 0.29) is 11.5 Å². The van der Waals surface area contributed by atoms with Crippen molar-refractivity contribution in [2.75, 3.05) is 11.5 Å². The summed E-state index contributed by atoms with van der Waals surface area (Å²) in [4.78, 5) is 0. The summed E-state index contributed by atoms with van der Waals surface area (Å²) < 4.78 is 20.5. The first-order valence-electron chi connectivity index (χ1n) is 3.13. The third-order valence-electron chi connectivity index (χ3n) is 1.70. The second-order valence-electron chi connectivity index (χ2n) is 2.74. The molecule has 0 aromatic rings. The lowest BCUT2D eigenvalue weighted by Gasteiger charge is -2.20. The molecule has 2 atom stereocenters. The van der Waals surface area contributed by atoms with E-state index in [0.717, 1.165) is 0 Å². The number of alkyl halides is 4. The van der Waals surface area contributed by atoms with E-state index in [1.54, 1.807) is 0 Å². The number of rotatable bonds is 0. The third kappa shape index (κ3) is 2.55. The van der Waals surface area contributed by atoms with E-state index in [0.29, 0.717) is 0 Å². The lowest BCUT2D eigenvalue weighted by atomic mass is 10.1. The fraction of sp³-hybridized carbons (Fsp3) is 1.00. The molecule has 1 fully saturated rings. The zero-order valence-electron chi connectivity index (χ0n) is 5.81. The highest BCUT2D eigenvalue weighted by Gasteiger charge is 2.47. The van der Waals surface area contributed by atoms with Gasteiger partial charge in [0.05, 0.1) is 16.9 Å². The molecule has 0 N–H and O–H groups in total. The Morgan fingerprint density at radius 2 is 1.67 bits per heavy atom. The normalized spacial score (nSPS) is 35.3. The van der Waals surface area contributed by atoms with Crippen molar-refractivity contribution in [1.82, 2.24) is 0 Å². The summed E-state index contributed by atoms with van der Waals surface area (Å²) in [6.45, 7) is 0. The molecule has 1 aliphatic rings. The van der Waals surface area contributed by atoms with E-state index in [2.05, 4.69) is 0 Å². The molecule has 7 heteroatoms. The van der Waals surface area contributed by atoms with Gasteiger partial charge < -0.3 is 0 Å². The van der Waals surface area contributed by atoms with E-state index in [1.807, 2.05) is 0 Å². The summed E-state index contributed by atoms with van der Waals surface area (Å²) in [5.41, 5.74) is 0. The van der Waals surface area contributed by atoms with Crippen LogP contribution < -0.4 is 0 Å². The van der Waals surface area contributed by atoms with E-state index in [1.165, 1.54) is 0 Å². The van der Waals surface area contributed by atoms with Gasteiger partial charge in [-0.2, -0.15) is 0 Å². The SMILES string of the molecule is O=S1(=O)C[C@@H](Cl)[C@H](C(Cl)(Cl)Cl)C1. The van der Waals surface area contributed by atoms with Gasteiger partial charge in [0.1, 0.15) is 0 Å². The van der Waals surface area contributed by atoms with Crippen molar-refractivity contribution in [3.63, 3.8) is 0 Å². The topological polar surface area (TPSA) is 34.1 Å². The van der Waals surface area contributed by atoms with E-state index < -0.39 is 24.9 Å². The third-order valence-corrected chi connectivity index (χ3v) is 4.92. The fourth-order valence-electron chi connectivity index (χ4n) is 1.10. The van der Waals surface area contributed by atoms with Gasteiger partial charge in [0.25, 0.3) is 0 Å². The number of hydrogen-bond donors (Lipinski definition) is 0. The first-order valence-corrected chi connectivity index (χ1v) is 6.53. The monoisotopic (exact) mass is 270 g/mol. The van der Waals surface area contributed by atoms with Crippen LogP contribution in [0.2, 0.25) is 0 Å². The Hall–Kier alpha value is 1.11. The van der Waals surface area contributed by atoms with E-state index >= 15 is 0 Å². The first kappa shape index (κ1) is 11.2. The summed E-state index contributed by atoms with van der Waals surface area (Å²) in [6, 6.07) is 0. The van der Waals surface area contributed by atoms with Crippen LogP contribution in [0.5, 0.6) is 0 Å². The molecular weight excluding hydrogens is 266 g/mol. The molecule has 0 bridgehead atoms. The van der Waals surface area contributed by atoms with Crippen molar-refractivity contribution in [1.29, 1.82) is 0 Å². The van der Waals surface area contributed by atoms with Crippen molar-refractivity contribution >= 4 is 56.2 Å². The van der Waals surface area contributed by atoms with Crippen LogP contribution in [0.1, 0.15) is 0 Å². The molecule has 0 amide bonds. The molecule has 1 heterocycles. The van der Waals surface area contributed by atoms with Crippen LogP contribution >= 0.6 is 46.4 Å². The van der Waals surface area contributed by atoms with Crippen molar-refractivity contribution in [2.24, 2.45) is 5.92 Å². The second kappa shape index (κ2) is 3.35. The molecule has 0 radical (unpaired) electrons. The highest BCUT2D eigenvalue weighted by Crippen LogP contribution is 2.42. The Labute approximate surface area is 91.0 Å². The molecule has 2 nitrogen and oxygen atoms in total. The van der Waals surface area contributed by atoms with Crippen LogP contribution in [0.15, 0.2) is 0 Å².